The minimum atomic E-state index is -0.500. The third-order valence-corrected chi connectivity index (χ3v) is 4.36. The zero-order valence-corrected chi connectivity index (χ0v) is 14.9. The number of esters is 1. The highest BCUT2D eigenvalue weighted by Crippen LogP contribution is 2.29. The van der Waals surface area contributed by atoms with Crippen LogP contribution in [0.2, 0.25) is 0 Å². The number of rotatable bonds is 4. The third kappa shape index (κ3) is 2.94. The maximum absolute atomic E-state index is 11.9. The van der Waals surface area contributed by atoms with Crippen LogP contribution in [0.3, 0.4) is 0 Å². The molecule has 3 aromatic rings. The summed E-state index contributed by atoms with van der Waals surface area (Å²) in [5, 5.41) is 28.1. The Hall–Kier alpha value is -2.20. The lowest BCUT2D eigenvalue weighted by Gasteiger charge is -2.08. The lowest BCUT2D eigenvalue weighted by molar-refractivity contribution is 0.0602. The van der Waals surface area contributed by atoms with Gasteiger partial charge < -0.3 is 14.9 Å². The molecule has 0 radical (unpaired) electrons. The van der Waals surface area contributed by atoms with Crippen molar-refractivity contribution in [3.63, 3.8) is 0 Å². The Balaban J connectivity index is 2.18. The molecule has 0 bridgehead atoms. The Labute approximate surface area is 151 Å². The van der Waals surface area contributed by atoms with Gasteiger partial charge in [-0.05, 0) is 58.8 Å². The fourth-order valence-electron chi connectivity index (χ4n) is 2.38. The number of aromatic nitrogens is 3. The van der Waals surface area contributed by atoms with Gasteiger partial charge in [-0.25, -0.2) is 4.79 Å². The number of aliphatic hydroxyl groups excluding tert-OH is 1. The van der Waals surface area contributed by atoms with Gasteiger partial charge in [-0.2, -0.15) is 0 Å². The highest BCUT2D eigenvalue weighted by Gasteiger charge is 2.17. The molecule has 3 rings (SSSR count). The first-order valence-corrected chi connectivity index (χ1v) is 8.20. The van der Waals surface area contributed by atoms with E-state index >= 15 is 0 Å². The van der Waals surface area contributed by atoms with Gasteiger partial charge in [0, 0.05) is 6.61 Å². The van der Waals surface area contributed by atoms with Crippen LogP contribution in [0.5, 0.6) is 5.75 Å². The van der Waals surface area contributed by atoms with Crippen LogP contribution >= 0.6 is 22.6 Å². The molecule has 0 aliphatic rings. The van der Waals surface area contributed by atoms with Gasteiger partial charge in [0.1, 0.15) is 16.7 Å². The van der Waals surface area contributed by atoms with Crippen LogP contribution in [0.15, 0.2) is 30.3 Å². The van der Waals surface area contributed by atoms with E-state index in [-0.39, 0.29) is 12.4 Å². The maximum Gasteiger partial charge on any atom is 0.340 e. The van der Waals surface area contributed by atoms with E-state index in [0.717, 1.165) is 5.56 Å². The number of benzene rings is 2. The van der Waals surface area contributed by atoms with Crippen LogP contribution < -0.4 is 0 Å². The van der Waals surface area contributed by atoms with Crippen LogP contribution in [-0.4, -0.2) is 44.9 Å². The van der Waals surface area contributed by atoms with Crippen LogP contribution in [0, 0.1) is 3.57 Å². The monoisotopic (exact) mass is 439 g/mol. The Bertz CT molecular complexity index is 923. The second-order valence-corrected chi connectivity index (χ2v) is 6.24. The summed E-state index contributed by atoms with van der Waals surface area (Å²) in [4.78, 5) is 13.1. The van der Waals surface area contributed by atoms with Crippen molar-refractivity contribution in [3.8, 4) is 11.4 Å². The maximum atomic E-state index is 11.9. The number of carbonyl (C=O) groups is 1. The highest BCUT2D eigenvalue weighted by molar-refractivity contribution is 14.1. The molecule has 0 amide bonds. The van der Waals surface area contributed by atoms with E-state index in [1.807, 2.05) is 22.6 Å². The van der Waals surface area contributed by atoms with Crippen molar-refractivity contribution in [1.29, 1.82) is 0 Å². The minimum Gasteiger partial charge on any atom is -0.505 e. The van der Waals surface area contributed by atoms with Gasteiger partial charge in [-0.1, -0.05) is 6.07 Å². The van der Waals surface area contributed by atoms with Crippen LogP contribution in [0.4, 0.5) is 0 Å². The first-order valence-electron chi connectivity index (χ1n) is 7.12. The van der Waals surface area contributed by atoms with Crippen molar-refractivity contribution in [3.05, 3.63) is 45.0 Å². The molecule has 124 valence electrons. The molecular formula is C16H14IN3O4. The van der Waals surface area contributed by atoms with Gasteiger partial charge in [-0.3, -0.25) is 0 Å². The average Bonchev–Trinajstić information content (AvgIpc) is 3.01. The van der Waals surface area contributed by atoms with Gasteiger partial charge >= 0.3 is 5.97 Å². The molecule has 7 nitrogen and oxygen atoms in total. The molecule has 2 aromatic carbocycles. The Morgan fingerprint density at radius 2 is 2.12 bits per heavy atom. The van der Waals surface area contributed by atoms with E-state index in [0.29, 0.717) is 32.3 Å². The van der Waals surface area contributed by atoms with E-state index < -0.39 is 5.97 Å². The Morgan fingerprint density at radius 1 is 1.33 bits per heavy atom. The molecule has 0 unspecified atom stereocenters. The SMILES string of the molecule is COC(=O)c1cccc2nn(-c3cc(CCO)cc(I)c3O)nc12. The minimum absolute atomic E-state index is 0.00129. The Morgan fingerprint density at radius 3 is 2.83 bits per heavy atom. The molecular weight excluding hydrogens is 425 g/mol. The first-order chi connectivity index (χ1) is 11.5. The molecule has 0 spiro atoms. The van der Waals surface area contributed by atoms with Crippen molar-refractivity contribution in [2.24, 2.45) is 0 Å². The molecule has 1 aromatic heterocycles. The zero-order chi connectivity index (χ0) is 17.3. The normalized spacial score (nSPS) is 11.0. The topological polar surface area (TPSA) is 97.5 Å². The second kappa shape index (κ2) is 6.73. The summed E-state index contributed by atoms with van der Waals surface area (Å²) in [6, 6.07) is 8.53. The molecule has 2 N–H and O–H groups in total. The second-order valence-electron chi connectivity index (χ2n) is 5.07. The van der Waals surface area contributed by atoms with Crippen molar-refractivity contribution in [2.45, 2.75) is 6.42 Å². The van der Waals surface area contributed by atoms with E-state index in [2.05, 4.69) is 10.2 Å². The Kier molecular flexibility index (Phi) is 4.67. The quantitative estimate of drug-likeness (QED) is 0.477. The number of phenols is 1. The fraction of sp³-hybridized carbons (Fsp3) is 0.188. The standard InChI is InChI=1S/C16H14IN3O4/c1-24-16(23)10-3-2-4-12-14(10)19-20(18-12)13-8-9(5-6-21)7-11(17)15(13)22/h2-4,7-8,21-22H,5-6H2,1H3. The number of aliphatic hydroxyl groups is 1. The predicted molar refractivity (Wildman–Crippen MR) is 95.4 cm³/mol. The number of hydrogen-bond donors (Lipinski definition) is 2. The van der Waals surface area contributed by atoms with Crippen molar-refractivity contribution in [1.82, 2.24) is 15.0 Å². The summed E-state index contributed by atoms with van der Waals surface area (Å²) in [5.74, 6) is -0.460. The molecule has 0 atom stereocenters. The largest absolute Gasteiger partial charge is 0.505 e. The number of halogens is 1. The molecule has 1 heterocycles. The lowest BCUT2D eigenvalue weighted by Crippen LogP contribution is -2.04. The number of fused-ring (bicyclic) bond motifs is 1. The lowest BCUT2D eigenvalue weighted by atomic mass is 10.1. The molecule has 0 aliphatic heterocycles. The van der Waals surface area contributed by atoms with E-state index in [1.165, 1.54) is 11.9 Å². The zero-order valence-electron chi connectivity index (χ0n) is 12.7. The number of carbonyl (C=O) groups excluding carboxylic acids is 1. The molecule has 0 saturated heterocycles. The van der Waals surface area contributed by atoms with E-state index in [4.69, 9.17) is 9.84 Å². The summed E-state index contributed by atoms with van der Waals surface area (Å²) < 4.78 is 5.39. The van der Waals surface area contributed by atoms with Crippen molar-refractivity contribution < 1.29 is 19.7 Å². The van der Waals surface area contributed by atoms with Crippen LogP contribution in [0.25, 0.3) is 16.7 Å². The van der Waals surface area contributed by atoms with E-state index in [1.54, 1.807) is 30.3 Å². The summed E-state index contributed by atoms with van der Waals surface area (Å²) >= 11 is 2.01. The van der Waals surface area contributed by atoms with Gasteiger partial charge in [0.05, 0.1) is 16.2 Å². The summed E-state index contributed by atoms with van der Waals surface area (Å²) in [7, 11) is 1.30. The van der Waals surface area contributed by atoms with Crippen molar-refractivity contribution in [2.75, 3.05) is 13.7 Å². The number of aromatic hydroxyl groups is 1. The van der Waals surface area contributed by atoms with E-state index in [9.17, 15) is 9.90 Å². The van der Waals surface area contributed by atoms with Gasteiger partial charge in [0.15, 0.2) is 5.75 Å². The fourth-order valence-corrected chi connectivity index (χ4v) is 3.06. The van der Waals surface area contributed by atoms with Crippen LogP contribution in [-0.2, 0) is 11.2 Å². The number of hydrogen-bond acceptors (Lipinski definition) is 6. The highest BCUT2D eigenvalue weighted by atomic mass is 127. The number of ether oxygens (including phenoxy) is 1. The number of methoxy groups -OCH3 is 1. The van der Waals surface area contributed by atoms with Gasteiger partial charge in [0.25, 0.3) is 0 Å². The molecule has 0 saturated carbocycles. The summed E-state index contributed by atoms with van der Waals surface area (Å²) in [5.41, 5.74) is 2.45. The molecule has 0 fully saturated rings. The van der Waals surface area contributed by atoms with Crippen LogP contribution in [0.1, 0.15) is 15.9 Å². The smallest absolute Gasteiger partial charge is 0.340 e. The molecule has 8 heteroatoms. The van der Waals surface area contributed by atoms with Crippen molar-refractivity contribution >= 4 is 39.6 Å². The predicted octanol–water partition coefficient (Wildman–Crippen LogP) is 2.05. The summed E-state index contributed by atoms with van der Waals surface area (Å²) in [6.45, 7) is 0.00129. The molecule has 0 aliphatic carbocycles. The summed E-state index contributed by atoms with van der Waals surface area (Å²) in [6.07, 6.45) is 0.456. The average molecular weight is 439 g/mol. The molecule has 24 heavy (non-hydrogen) atoms. The number of nitrogens with zero attached hydrogens (tertiary/aromatic N) is 3. The van der Waals surface area contributed by atoms with Gasteiger partial charge in [-0.15, -0.1) is 15.0 Å². The third-order valence-electron chi connectivity index (χ3n) is 3.54. The number of phenolic OH excluding ortho intramolecular Hbond substituents is 1. The van der Waals surface area contributed by atoms with Gasteiger partial charge in [0.2, 0.25) is 0 Å². The first kappa shape index (κ1) is 16.7.